The van der Waals surface area contributed by atoms with E-state index in [2.05, 4.69) is 5.32 Å². The number of likely N-dealkylation sites (tertiary alicyclic amines) is 1. The molecule has 0 aliphatic carbocycles. The van der Waals surface area contributed by atoms with Crippen LogP contribution in [0.3, 0.4) is 0 Å². The number of nitrogens with two attached hydrogens (primary N) is 1. The summed E-state index contributed by atoms with van der Waals surface area (Å²) in [4.78, 5) is 38.0. The van der Waals surface area contributed by atoms with Crippen molar-refractivity contribution in [2.45, 2.75) is 12.8 Å². The summed E-state index contributed by atoms with van der Waals surface area (Å²) in [5, 5.41) is 2.86. The fourth-order valence-corrected chi connectivity index (χ4v) is 3.25. The van der Waals surface area contributed by atoms with Crippen molar-refractivity contribution in [2.24, 2.45) is 11.7 Å². The monoisotopic (exact) mass is 381 g/mol. The summed E-state index contributed by atoms with van der Waals surface area (Å²) < 4.78 is 5.17. The van der Waals surface area contributed by atoms with E-state index in [1.165, 1.54) is 0 Å². The van der Waals surface area contributed by atoms with Crippen LogP contribution in [0.15, 0.2) is 48.5 Å². The summed E-state index contributed by atoms with van der Waals surface area (Å²) >= 11 is 0. The van der Waals surface area contributed by atoms with E-state index in [1.807, 2.05) is 0 Å². The number of carbonyl (C=O) groups excluding carboxylic acids is 3. The molecule has 2 aromatic carbocycles. The van der Waals surface area contributed by atoms with Gasteiger partial charge in [0.15, 0.2) is 0 Å². The Morgan fingerprint density at radius 3 is 2.32 bits per heavy atom. The molecule has 2 aromatic rings. The van der Waals surface area contributed by atoms with Gasteiger partial charge in [-0.3, -0.25) is 14.4 Å². The van der Waals surface area contributed by atoms with Gasteiger partial charge in [0.05, 0.1) is 7.11 Å². The Kier molecular flexibility index (Phi) is 5.93. The number of primary amides is 1. The summed E-state index contributed by atoms with van der Waals surface area (Å²) in [6.07, 6.45) is 1.20. The van der Waals surface area contributed by atoms with Crippen LogP contribution in [0.1, 0.15) is 33.6 Å². The SMILES string of the molecule is COc1cccc(C(=O)N2CCC(C(=O)Nc3ccc(C(N)=O)cc3)CC2)c1. The number of piperidine rings is 1. The molecule has 3 amide bonds. The zero-order valence-corrected chi connectivity index (χ0v) is 15.7. The molecule has 0 radical (unpaired) electrons. The quantitative estimate of drug-likeness (QED) is 0.829. The second kappa shape index (κ2) is 8.56. The lowest BCUT2D eigenvalue weighted by molar-refractivity contribution is -0.121. The van der Waals surface area contributed by atoms with Gasteiger partial charge in [0, 0.05) is 35.8 Å². The van der Waals surface area contributed by atoms with Gasteiger partial charge < -0.3 is 20.7 Å². The number of amides is 3. The molecule has 0 bridgehead atoms. The highest BCUT2D eigenvalue weighted by molar-refractivity contribution is 5.96. The standard InChI is InChI=1S/C21H23N3O4/c1-28-18-4-2-3-16(13-18)21(27)24-11-9-15(10-12-24)20(26)23-17-7-5-14(6-8-17)19(22)25/h2-8,13,15H,9-12H2,1H3,(H2,22,25)(H,23,26). The lowest BCUT2D eigenvalue weighted by Gasteiger charge is -2.31. The maximum atomic E-state index is 12.7. The molecule has 0 aromatic heterocycles. The molecule has 0 spiro atoms. The Morgan fingerprint density at radius 1 is 1.04 bits per heavy atom. The maximum absolute atomic E-state index is 12.7. The number of benzene rings is 2. The van der Waals surface area contributed by atoms with Gasteiger partial charge in [-0.05, 0) is 55.3 Å². The first-order chi connectivity index (χ1) is 13.5. The Hall–Kier alpha value is -3.35. The highest BCUT2D eigenvalue weighted by Crippen LogP contribution is 2.22. The van der Waals surface area contributed by atoms with Crippen molar-refractivity contribution in [1.82, 2.24) is 4.90 Å². The van der Waals surface area contributed by atoms with Crippen LogP contribution in [0.5, 0.6) is 5.75 Å². The number of nitrogens with zero attached hydrogens (tertiary/aromatic N) is 1. The van der Waals surface area contributed by atoms with Crippen molar-refractivity contribution in [3.05, 3.63) is 59.7 Å². The number of hydrogen-bond donors (Lipinski definition) is 2. The number of ether oxygens (including phenoxy) is 1. The molecule has 1 aliphatic rings. The lowest BCUT2D eigenvalue weighted by Crippen LogP contribution is -2.41. The first-order valence-corrected chi connectivity index (χ1v) is 9.12. The third-order valence-electron chi connectivity index (χ3n) is 4.91. The topological polar surface area (TPSA) is 102 Å². The molecule has 7 nitrogen and oxygen atoms in total. The predicted octanol–water partition coefficient (Wildman–Crippen LogP) is 2.29. The number of carbonyl (C=O) groups is 3. The van der Waals surface area contributed by atoms with Gasteiger partial charge in [-0.25, -0.2) is 0 Å². The lowest BCUT2D eigenvalue weighted by atomic mass is 9.95. The minimum absolute atomic E-state index is 0.0557. The van der Waals surface area contributed by atoms with E-state index in [-0.39, 0.29) is 17.7 Å². The average molecular weight is 381 g/mol. The molecule has 1 saturated heterocycles. The number of methoxy groups -OCH3 is 1. The predicted molar refractivity (Wildman–Crippen MR) is 105 cm³/mol. The molecule has 3 N–H and O–H groups in total. The van der Waals surface area contributed by atoms with E-state index in [1.54, 1.807) is 60.5 Å². The molecular weight excluding hydrogens is 358 g/mol. The molecule has 0 atom stereocenters. The van der Waals surface area contributed by atoms with Crippen molar-refractivity contribution < 1.29 is 19.1 Å². The van der Waals surface area contributed by atoms with Crippen LogP contribution >= 0.6 is 0 Å². The average Bonchev–Trinajstić information content (AvgIpc) is 2.73. The first kappa shape index (κ1) is 19.4. The summed E-state index contributed by atoms with van der Waals surface area (Å²) in [5.74, 6) is -0.168. The summed E-state index contributed by atoms with van der Waals surface area (Å²) in [6, 6.07) is 13.5. The van der Waals surface area contributed by atoms with E-state index in [4.69, 9.17) is 10.5 Å². The van der Waals surface area contributed by atoms with E-state index in [0.29, 0.717) is 48.5 Å². The van der Waals surface area contributed by atoms with Crippen LogP contribution in [0.2, 0.25) is 0 Å². The molecule has 7 heteroatoms. The Morgan fingerprint density at radius 2 is 1.71 bits per heavy atom. The fraction of sp³-hybridized carbons (Fsp3) is 0.286. The van der Waals surface area contributed by atoms with Gasteiger partial charge in [0.25, 0.3) is 5.91 Å². The van der Waals surface area contributed by atoms with E-state index < -0.39 is 5.91 Å². The molecule has 0 unspecified atom stereocenters. The minimum Gasteiger partial charge on any atom is -0.497 e. The number of rotatable bonds is 5. The van der Waals surface area contributed by atoms with Gasteiger partial charge in [0.1, 0.15) is 5.75 Å². The number of hydrogen-bond acceptors (Lipinski definition) is 4. The van der Waals surface area contributed by atoms with Crippen LogP contribution in [-0.2, 0) is 4.79 Å². The third kappa shape index (κ3) is 4.49. The largest absolute Gasteiger partial charge is 0.497 e. The Bertz CT molecular complexity index is 871. The zero-order chi connectivity index (χ0) is 20.1. The van der Waals surface area contributed by atoms with Gasteiger partial charge in [-0.15, -0.1) is 0 Å². The van der Waals surface area contributed by atoms with Gasteiger partial charge >= 0.3 is 0 Å². The number of anilines is 1. The first-order valence-electron chi connectivity index (χ1n) is 9.12. The Labute approximate surface area is 163 Å². The van der Waals surface area contributed by atoms with Crippen LogP contribution < -0.4 is 15.8 Å². The molecule has 1 fully saturated rings. The summed E-state index contributed by atoms with van der Waals surface area (Å²) in [6.45, 7) is 1.05. The van der Waals surface area contributed by atoms with Crippen molar-refractivity contribution in [2.75, 3.05) is 25.5 Å². The van der Waals surface area contributed by atoms with E-state index >= 15 is 0 Å². The Balaban J connectivity index is 1.54. The van der Waals surface area contributed by atoms with Crippen molar-refractivity contribution in [1.29, 1.82) is 0 Å². The smallest absolute Gasteiger partial charge is 0.253 e. The minimum atomic E-state index is -0.508. The van der Waals surface area contributed by atoms with Crippen LogP contribution in [-0.4, -0.2) is 42.8 Å². The second-order valence-corrected chi connectivity index (χ2v) is 6.73. The van der Waals surface area contributed by atoms with Gasteiger partial charge in [-0.2, -0.15) is 0 Å². The maximum Gasteiger partial charge on any atom is 0.253 e. The van der Waals surface area contributed by atoms with Crippen LogP contribution in [0.25, 0.3) is 0 Å². The highest BCUT2D eigenvalue weighted by atomic mass is 16.5. The normalized spacial score (nSPS) is 14.4. The molecule has 146 valence electrons. The third-order valence-corrected chi connectivity index (χ3v) is 4.91. The molecule has 1 aliphatic heterocycles. The fourth-order valence-electron chi connectivity index (χ4n) is 3.25. The van der Waals surface area contributed by atoms with Gasteiger partial charge in [-0.1, -0.05) is 6.07 Å². The number of nitrogens with one attached hydrogen (secondary N) is 1. The van der Waals surface area contributed by atoms with Crippen LogP contribution in [0, 0.1) is 5.92 Å². The second-order valence-electron chi connectivity index (χ2n) is 6.73. The van der Waals surface area contributed by atoms with E-state index in [0.717, 1.165) is 0 Å². The molecular formula is C21H23N3O4. The summed E-state index contributed by atoms with van der Waals surface area (Å²) in [5.41, 5.74) is 6.80. The van der Waals surface area contributed by atoms with Crippen LogP contribution in [0.4, 0.5) is 5.69 Å². The molecule has 28 heavy (non-hydrogen) atoms. The van der Waals surface area contributed by atoms with Crippen molar-refractivity contribution >= 4 is 23.4 Å². The molecule has 0 saturated carbocycles. The zero-order valence-electron chi connectivity index (χ0n) is 15.7. The van der Waals surface area contributed by atoms with Crippen molar-refractivity contribution in [3.8, 4) is 5.75 Å². The van der Waals surface area contributed by atoms with Crippen molar-refractivity contribution in [3.63, 3.8) is 0 Å². The highest BCUT2D eigenvalue weighted by Gasteiger charge is 2.28. The molecule has 1 heterocycles. The van der Waals surface area contributed by atoms with E-state index in [9.17, 15) is 14.4 Å². The van der Waals surface area contributed by atoms with Gasteiger partial charge in [0.2, 0.25) is 11.8 Å². The summed E-state index contributed by atoms with van der Waals surface area (Å²) in [7, 11) is 1.56. The molecule has 3 rings (SSSR count).